The summed E-state index contributed by atoms with van der Waals surface area (Å²) in [6.45, 7) is 4.36. The zero-order valence-electron chi connectivity index (χ0n) is 18.9. The average molecular weight is 452 g/mol. The molecule has 1 aromatic heterocycles. The lowest BCUT2D eigenvalue weighted by molar-refractivity contribution is 0.205. The van der Waals surface area contributed by atoms with E-state index in [4.69, 9.17) is 11.5 Å². The van der Waals surface area contributed by atoms with Crippen molar-refractivity contribution in [3.8, 4) is 5.69 Å². The largest absolute Gasteiger partial charge is 0.354 e. The van der Waals surface area contributed by atoms with Gasteiger partial charge < -0.3 is 16.4 Å². The topological polar surface area (TPSA) is 123 Å². The van der Waals surface area contributed by atoms with Gasteiger partial charge in [-0.05, 0) is 74.4 Å². The summed E-state index contributed by atoms with van der Waals surface area (Å²) in [5.74, 6) is 1.25. The molecule has 3 heterocycles. The van der Waals surface area contributed by atoms with Crippen molar-refractivity contribution in [2.24, 2.45) is 23.3 Å². The van der Waals surface area contributed by atoms with Crippen molar-refractivity contribution < 1.29 is 4.79 Å². The number of nitrogens with zero attached hydrogens (tertiary/aromatic N) is 4. The summed E-state index contributed by atoms with van der Waals surface area (Å²) in [4.78, 5) is 33.6. The van der Waals surface area contributed by atoms with Gasteiger partial charge >= 0.3 is 11.7 Å². The fourth-order valence-electron chi connectivity index (χ4n) is 5.50. The number of urea groups is 1. The van der Waals surface area contributed by atoms with Crippen molar-refractivity contribution in [3.63, 3.8) is 0 Å². The summed E-state index contributed by atoms with van der Waals surface area (Å²) < 4.78 is 1.49. The Labute approximate surface area is 193 Å². The van der Waals surface area contributed by atoms with Crippen LogP contribution in [0.5, 0.6) is 0 Å². The van der Waals surface area contributed by atoms with Gasteiger partial charge in [0.05, 0.1) is 5.69 Å². The molecule has 33 heavy (non-hydrogen) atoms. The van der Waals surface area contributed by atoms with Crippen LogP contribution in [0.4, 0.5) is 10.6 Å². The standard InChI is InChI=1S/C24H33N7O2/c25-19-5-8-29(9-6-19)13-16-1-3-21(4-2-16)31-10-7-22(28-24(31)33)27-23(32)30-14-17-11-20(26)12-18(17)15-30/h1-4,7,10,17-20H,5-6,8-9,11-15,25-26H2,(H,27,28,32,33)/t17-,18+,20-. The second-order valence-electron chi connectivity index (χ2n) is 9.83. The molecular weight excluding hydrogens is 418 g/mol. The zero-order chi connectivity index (χ0) is 22.9. The minimum absolute atomic E-state index is 0.203. The Morgan fingerprint density at radius 2 is 1.67 bits per heavy atom. The number of fused-ring (bicyclic) bond motifs is 1. The molecule has 0 unspecified atom stereocenters. The van der Waals surface area contributed by atoms with E-state index in [0.29, 0.717) is 17.9 Å². The van der Waals surface area contributed by atoms with E-state index in [1.807, 2.05) is 29.2 Å². The highest BCUT2D eigenvalue weighted by Gasteiger charge is 2.41. The Hall–Kier alpha value is -2.75. The maximum absolute atomic E-state index is 12.6. The molecule has 0 spiro atoms. The lowest BCUT2D eigenvalue weighted by atomic mass is 10.0. The van der Waals surface area contributed by atoms with Gasteiger partial charge in [-0.3, -0.25) is 14.8 Å². The molecule has 3 fully saturated rings. The first-order valence-corrected chi connectivity index (χ1v) is 11.9. The number of anilines is 1. The third-order valence-corrected chi connectivity index (χ3v) is 7.37. The van der Waals surface area contributed by atoms with Crippen LogP contribution in [-0.2, 0) is 6.54 Å². The van der Waals surface area contributed by atoms with Crippen molar-refractivity contribution >= 4 is 11.8 Å². The van der Waals surface area contributed by atoms with E-state index in [1.165, 1.54) is 10.1 Å². The number of aromatic nitrogens is 2. The average Bonchev–Trinajstić information content (AvgIpc) is 3.34. The summed E-state index contributed by atoms with van der Waals surface area (Å²) in [5, 5.41) is 2.78. The molecule has 0 bridgehead atoms. The Kier molecular flexibility index (Phi) is 6.18. The molecule has 5 N–H and O–H groups in total. The second-order valence-corrected chi connectivity index (χ2v) is 9.83. The van der Waals surface area contributed by atoms with Crippen molar-refractivity contribution in [3.05, 3.63) is 52.6 Å². The predicted octanol–water partition coefficient (Wildman–Crippen LogP) is 1.36. The van der Waals surface area contributed by atoms with E-state index in [1.54, 1.807) is 12.3 Å². The van der Waals surface area contributed by atoms with Gasteiger partial charge in [-0.2, -0.15) is 4.98 Å². The van der Waals surface area contributed by atoms with Gasteiger partial charge in [-0.25, -0.2) is 9.59 Å². The summed E-state index contributed by atoms with van der Waals surface area (Å²) >= 11 is 0. The van der Waals surface area contributed by atoms with E-state index in [9.17, 15) is 9.59 Å². The Balaban J connectivity index is 1.19. The monoisotopic (exact) mass is 451 g/mol. The molecular formula is C24H33N7O2. The van der Waals surface area contributed by atoms with Crippen molar-refractivity contribution in [1.29, 1.82) is 0 Å². The molecule has 1 saturated carbocycles. The summed E-state index contributed by atoms with van der Waals surface area (Å²) in [5.41, 5.74) is 13.5. The van der Waals surface area contributed by atoms with Gasteiger partial charge in [0, 0.05) is 37.9 Å². The van der Waals surface area contributed by atoms with Crippen LogP contribution in [-0.4, -0.2) is 63.6 Å². The molecule has 3 aliphatic rings. The number of amides is 2. The third kappa shape index (κ3) is 4.95. The number of nitrogens with one attached hydrogen (secondary N) is 1. The van der Waals surface area contributed by atoms with Gasteiger partial charge in [0.15, 0.2) is 0 Å². The first-order valence-electron chi connectivity index (χ1n) is 11.9. The van der Waals surface area contributed by atoms with E-state index in [2.05, 4.69) is 15.2 Å². The van der Waals surface area contributed by atoms with Gasteiger partial charge in [0.2, 0.25) is 0 Å². The molecule has 2 aromatic rings. The molecule has 2 aliphatic heterocycles. The highest BCUT2D eigenvalue weighted by atomic mass is 16.2. The van der Waals surface area contributed by atoms with Crippen LogP contribution in [0.2, 0.25) is 0 Å². The van der Waals surface area contributed by atoms with Crippen molar-refractivity contribution in [2.45, 2.75) is 44.3 Å². The van der Waals surface area contributed by atoms with Crippen LogP contribution in [0.1, 0.15) is 31.2 Å². The molecule has 3 atom stereocenters. The number of piperidine rings is 1. The van der Waals surface area contributed by atoms with Gasteiger partial charge in [-0.1, -0.05) is 12.1 Å². The van der Waals surface area contributed by atoms with Crippen LogP contribution in [0, 0.1) is 11.8 Å². The van der Waals surface area contributed by atoms with Gasteiger partial charge in [0.1, 0.15) is 5.82 Å². The minimum Gasteiger partial charge on any atom is -0.328 e. The minimum atomic E-state index is -0.421. The summed E-state index contributed by atoms with van der Waals surface area (Å²) in [7, 11) is 0. The van der Waals surface area contributed by atoms with Crippen LogP contribution < -0.4 is 22.5 Å². The zero-order valence-corrected chi connectivity index (χ0v) is 18.9. The maximum atomic E-state index is 12.6. The second kappa shape index (κ2) is 9.24. The molecule has 1 aliphatic carbocycles. The van der Waals surface area contributed by atoms with Crippen molar-refractivity contribution in [1.82, 2.24) is 19.4 Å². The first kappa shape index (κ1) is 22.1. The number of hydrogen-bond acceptors (Lipinski definition) is 6. The SMILES string of the molecule is NC1CCN(Cc2ccc(-n3ccc(NC(=O)N4C[C@H]5C[C@@H](N)C[C@H]5C4)nc3=O)cc2)CC1. The van der Waals surface area contributed by atoms with E-state index < -0.39 is 5.69 Å². The fourth-order valence-corrected chi connectivity index (χ4v) is 5.50. The van der Waals surface area contributed by atoms with E-state index >= 15 is 0 Å². The Morgan fingerprint density at radius 1 is 1.00 bits per heavy atom. The van der Waals surface area contributed by atoms with E-state index in [0.717, 1.165) is 64.1 Å². The molecule has 5 rings (SSSR count). The number of nitrogens with two attached hydrogens (primary N) is 2. The number of likely N-dealkylation sites (tertiary alicyclic amines) is 2. The van der Waals surface area contributed by atoms with Crippen LogP contribution in [0.15, 0.2) is 41.3 Å². The normalized spacial score (nSPS) is 25.9. The van der Waals surface area contributed by atoms with Crippen LogP contribution >= 0.6 is 0 Å². The third-order valence-electron chi connectivity index (χ3n) is 7.37. The number of carbonyl (C=O) groups excluding carboxylic acids is 1. The first-order chi connectivity index (χ1) is 15.9. The lowest BCUT2D eigenvalue weighted by Crippen LogP contribution is -2.39. The Morgan fingerprint density at radius 3 is 2.30 bits per heavy atom. The number of benzene rings is 1. The smallest absolute Gasteiger partial charge is 0.328 e. The molecule has 2 saturated heterocycles. The summed E-state index contributed by atoms with van der Waals surface area (Å²) in [6.07, 6.45) is 5.69. The Bertz CT molecular complexity index is 1030. The number of carbonyl (C=O) groups is 1. The molecule has 2 amide bonds. The molecule has 0 radical (unpaired) electrons. The number of rotatable bonds is 4. The number of hydrogen-bond donors (Lipinski definition) is 3. The molecule has 176 valence electrons. The summed E-state index contributed by atoms with van der Waals surface area (Å²) in [6, 6.07) is 9.99. The lowest BCUT2D eigenvalue weighted by Gasteiger charge is -2.30. The van der Waals surface area contributed by atoms with E-state index in [-0.39, 0.29) is 17.9 Å². The molecule has 1 aromatic carbocycles. The van der Waals surface area contributed by atoms with Crippen LogP contribution in [0.25, 0.3) is 5.69 Å². The predicted molar refractivity (Wildman–Crippen MR) is 127 cm³/mol. The highest BCUT2D eigenvalue weighted by molar-refractivity contribution is 5.88. The quantitative estimate of drug-likeness (QED) is 0.645. The van der Waals surface area contributed by atoms with Gasteiger partial charge in [-0.15, -0.1) is 0 Å². The molecule has 9 heteroatoms. The van der Waals surface area contributed by atoms with Crippen molar-refractivity contribution in [2.75, 3.05) is 31.5 Å². The van der Waals surface area contributed by atoms with Gasteiger partial charge in [0.25, 0.3) is 0 Å². The fraction of sp³-hybridized carbons (Fsp3) is 0.542. The van der Waals surface area contributed by atoms with Crippen LogP contribution in [0.3, 0.4) is 0 Å². The molecule has 9 nitrogen and oxygen atoms in total. The maximum Gasteiger partial charge on any atom is 0.354 e. The highest BCUT2D eigenvalue weighted by Crippen LogP contribution is 2.37.